The molecule has 0 aromatic heterocycles. The summed E-state index contributed by atoms with van der Waals surface area (Å²) in [6.07, 6.45) is 0. The topological polar surface area (TPSA) is 66.5 Å². The SMILES string of the molecule is CC(c1ccccc1Cl)N(C)C(=O)[C@H](C)NS(=O)(=O)c1ccccc1. The summed E-state index contributed by atoms with van der Waals surface area (Å²) < 4.78 is 27.1. The van der Waals surface area contributed by atoms with E-state index in [2.05, 4.69) is 4.72 Å². The monoisotopic (exact) mass is 380 g/mol. The van der Waals surface area contributed by atoms with Gasteiger partial charge in [0.1, 0.15) is 0 Å². The van der Waals surface area contributed by atoms with E-state index >= 15 is 0 Å². The summed E-state index contributed by atoms with van der Waals surface area (Å²) >= 11 is 6.18. The van der Waals surface area contributed by atoms with Crippen molar-refractivity contribution in [3.8, 4) is 0 Å². The van der Waals surface area contributed by atoms with Crippen LogP contribution in [-0.4, -0.2) is 32.3 Å². The smallest absolute Gasteiger partial charge is 0.241 e. The lowest BCUT2D eigenvalue weighted by molar-refractivity contribution is -0.133. The van der Waals surface area contributed by atoms with Crippen molar-refractivity contribution < 1.29 is 13.2 Å². The van der Waals surface area contributed by atoms with E-state index in [4.69, 9.17) is 11.6 Å². The highest BCUT2D eigenvalue weighted by molar-refractivity contribution is 7.89. The van der Waals surface area contributed by atoms with Crippen LogP contribution in [0.1, 0.15) is 25.5 Å². The van der Waals surface area contributed by atoms with Gasteiger partial charge in [0.05, 0.1) is 17.0 Å². The average Bonchev–Trinajstić information content (AvgIpc) is 2.60. The Morgan fingerprint density at radius 3 is 2.20 bits per heavy atom. The van der Waals surface area contributed by atoms with E-state index in [0.717, 1.165) is 5.56 Å². The minimum absolute atomic E-state index is 0.122. The Morgan fingerprint density at radius 1 is 1.04 bits per heavy atom. The first-order valence-electron chi connectivity index (χ1n) is 7.82. The average molecular weight is 381 g/mol. The van der Waals surface area contributed by atoms with Crippen molar-refractivity contribution >= 4 is 27.5 Å². The number of halogens is 1. The fraction of sp³-hybridized carbons (Fsp3) is 0.278. The number of carbonyl (C=O) groups excluding carboxylic acids is 1. The second-order valence-corrected chi connectivity index (χ2v) is 7.92. The Balaban J connectivity index is 2.13. The van der Waals surface area contributed by atoms with E-state index in [9.17, 15) is 13.2 Å². The van der Waals surface area contributed by atoms with Gasteiger partial charge in [-0.2, -0.15) is 4.72 Å². The molecule has 0 spiro atoms. The molecule has 7 heteroatoms. The number of amides is 1. The number of likely N-dealkylation sites (N-methyl/N-ethyl adjacent to an activating group) is 1. The molecule has 5 nitrogen and oxygen atoms in total. The van der Waals surface area contributed by atoms with Gasteiger partial charge in [-0.25, -0.2) is 8.42 Å². The van der Waals surface area contributed by atoms with E-state index < -0.39 is 16.1 Å². The molecule has 1 amide bonds. The third-order valence-corrected chi connectivity index (χ3v) is 5.94. The van der Waals surface area contributed by atoms with Crippen molar-refractivity contribution in [1.29, 1.82) is 0 Å². The Labute approximate surface area is 153 Å². The molecule has 1 unspecified atom stereocenters. The second-order valence-electron chi connectivity index (χ2n) is 5.80. The van der Waals surface area contributed by atoms with Crippen LogP contribution in [0.5, 0.6) is 0 Å². The predicted octanol–water partition coefficient (Wildman–Crippen LogP) is 3.23. The van der Waals surface area contributed by atoms with Crippen molar-refractivity contribution in [2.75, 3.05) is 7.05 Å². The Bertz CT molecular complexity index is 840. The molecule has 0 saturated heterocycles. The molecule has 0 aliphatic rings. The van der Waals surface area contributed by atoms with Gasteiger partial charge >= 0.3 is 0 Å². The lowest BCUT2D eigenvalue weighted by Gasteiger charge is -2.28. The summed E-state index contributed by atoms with van der Waals surface area (Å²) in [4.78, 5) is 14.2. The lowest BCUT2D eigenvalue weighted by Crippen LogP contribution is -2.46. The molecule has 0 fully saturated rings. The van der Waals surface area contributed by atoms with Crippen LogP contribution in [-0.2, 0) is 14.8 Å². The van der Waals surface area contributed by atoms with Crippen molar-refractivity contribution in [1.82, 2.24) is 9.62 Å². The zero-order valence-electron chi connectivity index (χ0n) is 14.3. The predicted molar refractivity (Wildman–Crippen MR) is 98.9 cm³/mol. The highest BCUT2D eigenvalue weighted by Crippen LogP contribution is 2.26. The molecular weight excluding hydrogens is 360 g/mol. The molecule has 0 aliphatic heterocycles. The summed E-state index contributed by atoms with van der Waals surface area (Å²) in [7, 11) is -2.13. The first-order valence-corrected chi connectivity index (χ1v) is 9.68. The minimum Gasteiger partial charge on any atom is -0.338 e. The Hall–Kier alpha value is -1.89. The Kier molecular flexibility index (Phi) is 6.21. The van der Waals surface area contributed by atoms with Crippen LogP contribution < -0.4 is 4.72 Å². The lowest BCUT2D eigenvalue weighted by atomic mass is 10.1. The number of rotatable bonds is 6. The largest absolute Gasteiger partial charge is 0.338 e. The van der Waals surface area contributed by atoms with Crippen LogP contribution in [0.15, 0.2) is 59.5 Å². The summed E-state index contributed by atoms with van der Waals surface area (Å²) in [5, 5.41) is 0.562. The molecule has 2 aromatic rings. The van der Waals surface area contributed by atoms with E-state index in [-0.39, 0.29) is 16.8 Å². The summed E-state index contributed by atoms with van der Waals surface area (Å²) in [5.41, 5.74) is 0.804. The van der Waals surface area contributed by atoms with Crippen LogP contribution in [0.25, 0.3) is 0 Å². The molecule has 2 atom stereocenters. The zero-order chi connectivity index (χ0) is 18.6. The summed E-state index contributed by atoms with van der Waals surface area (Å²) in [6.45, 7) is 3.37. The van der Waals surface area contributed by atoms with Gasteiger partial charge in [-0.15, -0.1) is 0 Å². The molecule has 0 saturated carbocycles. The van der Waals surface area contributed by atoms with Gasteiger partial charge in [0.2, 0.25) is 15.9 Å². The fourth-order valence-electron chi connectivity index (χ4n) is 2.47. The number of nitrogens with one attached hydrogen (secondary N) is 1. The summed E-state index contributed by atoms with van der Waals surface area (Å²) in [5.74, 6) is -0.341. The van der Waals surface area contributed by atoms with Crippen molar-refractivity contribution in [2.24, 2.45) is 0 Å². The number of carbonyl (C=O) groups is 1. The highest BCUT2D eigenvalue weighted by Gasteiger charge is 2.27. The van der Waals surface area contributed by atoms with E-state index in [0.29, 0.717) is 5.02 Å². The van der Waals surface area contributed by atoms with Crippen LogP contribution in [0.3, 0.4) is 0 Å². The maximum Gasteiger partial charge on any atom is 0.241 e. The highest BCUT2D eigenvalue weighted by atomic mass is 35.5. The van der Waals surface area contributed by atoms with Gasteiger partial charge in [-0.1, -0.05) is 48.0 Å². The number of benzene rings is 2. The number of nitrogens with zero attached hydrogens (tertiary/aromatic N) is 1. The first kappa shape index (κ1) is 19.4. The second kappa shape index (κ2) is 7.99. The number of hydrogen-bond acceptors (Lipinski definition) is 3. The van der Waals surface area contributed by atoms with Gasteiger partial charge in [-0.05, 0) is 37.6 Å². The van der Waals surface area contributed by atoms with Gasteiger partial charge < -0.3 is 4.90 Å². The van der Waals surface area contributed by atoms with Crippen LogP contribution >= 0.6 is 11.6 Å². The molecule has 1 N–H and O–H groups in total. The van der Waals surface area contributed by atoms with E-state index in [1.165, 1.54) is 24.0 Å². The van der Waals surface area contributed by atoms with Gasteiger partial charge in [0.25, 0.3) is 0 Å². The molecule has 2 aromatic carbocycles. The molecule has 134 valence electrons. The minimum atomic E-state index is -3.76. The maximum atomic E-state index is 12.6. The number of sulfonamides is 1. The molecule has 0 aliphatic carbocycles. The normalized spacial score (nSPS) is 13.9. The maximum absolute atomic E-state index is 12.6. The van der Waals surface area contributed by atoms with Gasteiger partial charge in [0, 0.05) is 12.1 Å². The fourth-order valence-corrected chi connectivity index (χ4v) is 3.98. The zero-order valence-corrected chi connectivity index (χ0v) is 15.9. The first-order chi connectivity index (χ1) is 11.7. The van der Waals surface area contributed by atoms with E-state index in [1.54, 1.807) is 31.3 Å². The van der Waals surface area contributed by atoms with Crippen LogP contribution in [0.4, 0.5) is 0 Å². The van der Waals surface area contributed by atoms with Gasteiger partial charge in [0.15, 0.2) is 0 Å². The Morgan fingerprint density at radius 2 is 1.60 bits per heavy atom. The van der Waals surface area contributed by atoms with Gasteiger partial charge in [-0.3, -0.25) is 4.79 Å². The van der Waals surface area contributed by atoms with Crippen molar-refractivity contribution in [3.63, 3.8) is 0 Å². The third kappa shape index (κ3) is 4.60. The molecule has 2 rings (SSSR count). The molecule has 0 heterocycles. The number of hydrogen-bond donors (Lipinski definition) is 1. The standard InChI is InChI=1S/C18H21ClN2O3S/c1-13(20-25(23,24)15-9-5-4-6-10-15)18(22)21(3)14(2)16-11-7-8-12-17(16)19/h4-14,20H,1-3H3/t13-,14?/m0/s1. The van der Waals surface area contributed by atoms with E-state index in [1.807, 2.05) is 25.1 Å². The molecule has 0 radical (unpaired) electrons. The van der Waals surface area contributed by atoms with Crippen LogP contribution in [0.2, 0.25) is 5.02 Å². The van der Waals surface area contributed by atoms with Crippen molar-refractivity contribution in [3.05, 3.63) is 65.2 Å². The van der Waals surface area contributed by atoms with Crippen molar-refractivity contribution in [2.45, 2.75) is 30.8 Å². The molecule has 25 heavy (non-hydrogen) atoms. The molecule has 0 bridgehead atoms. The van der Waals surface area contributed by atoms with Crippen LogP contribution in [0, 0.1) is 0 Å². The quantitative estimate of drug-likeness (QED) is 0.836. The third-order valence-electron chi connectivity index (χ3n) is 4.04. The summed E-state index contributed by atoms with van der Waals surface area (Å²) in [6, 6.07) is 14.0. The molecular formula is C18H21ClN2O3S.